The van der Waals surface area contributed by atoms with E-state index in [0.29, 0.717) is 11.4 Å². The zero-order valence-corrected chi connectivity index (χ0v) is 11.8. The molecule has 0 bridgehead atoms. The van der Waals surface area contributed by atoms with Gasteiger partial charge in [0.2, 0.25) is 0 Å². The molecule has 0 radical (unpaired) electrons. The minimum Gasteiger partial charge on any atom is -0.302 e. The van der Waals surface area contributed by atoms with Gasteiger partial charge in [0, 0.05) is 11.4 Å². The summed E-state index contributed by atoms with van der Waals surface area (Å²) in [6, 6.07) is 0.640. The average molecular weight is 246 g/mol. The standard InChI is InChI=1S/C14H28ClN/c1-3-4-5-6-9-12-16(2)14-11-8-7-10-13(14)15/h13-14H,3-12H2,1-2H3. The van der Waals surface area contributed by atoms with Gasteiger partial charge in [-0.05, 0) is 32.9 Å². The second kappa shape index (κ2) is 8.36. The molecular weight excluding hydrogens is 218 g/mol. The van der Waals surface area contributed by atoms with Crippen LogP contribution < -0.4 is 0 Å². The Hall–Kier alpha value is 0.250. The van der Waals surface area contributed by atoms with Gasteiger partial charge in [-0.2, -0.15) is 0 Å². The molecule has 2 heteroatoms. The summed E-state index contributed by atoms with van der Waals surface area (Å²) in [6.45, 7) is 3.50. The highest BCUT2D eigenvalue weighted by atomic mass is 35.5. The fourth-order valence-corrected chi connectivity index (χ4v) is 3.17. The molecular formula is C14H28ClN. The third-order valence-electron chi connectivity index (χ3n) is 3.83. The Bertz CT molecular complexity index is 172. The van der Waals surface area contributed by atoms with E-state index < -0.39 is 0 Å². The third-order valence-corrected chi connectivity index (χ3v) is 4.34. The molecule has 2 atom stereocenters. The Morgan fingerprint density at radius 1 is 1.06 bits per heavy atom. The van der Waals surface area contributed by atoms with E-state index in [1.807, 2.05) is 0 Å². The van der Waals surface area contributed by atoms with Crippen LogP contribution in [0.4, 0.5) is 0 Å². The topological polar surface area (TPSA) is 3.24 Å². The maximum Gasteiger partial charge on any atom is 0.0491 e. The SMILES string of the molecule is CCCCCCCN(C)C1CCCCC1Cl. The molecule has 0 spiro atoms. The first kappa shape index (κ1) is 14.3. The zero-order valence-electron chi connectivity index (χ0n) is 11.1. The van der Waals surface area contributed by atoms with E-state index in [-0.39, 0.29) is 0 Å². The van der Waals surface area contributed by atoms with E-state index in [1.54, 1.807) is 0 Å². The van der Waals surface area contributed by atoms with Crippen LogP contribution in [-0.2, 0) is 0 Å². The van der Waals surface area contributed by atoms with Gasteiger partial charge in [0.25, 0.3) is 0 Å². The molecule has 0 aromatic rings. The highest BCUT2D eigenvalue weighted by Gasteiger charge is 2.25. The summed E-state index contributed by atoms with van der Waals surface area (Å²) in [5.74, 6) is 0. The van der Waals surface area contributed by atoms with E-state index >= 15 is 0 Å². The minimum absolute atomic E-state index is 0.398. The molecule has 0 aromatic heterocycles. The number of hydrogen-bond donors (Lipinski definition) is 0. The van der Waals surface area contributed by atoms with Crippen LogP contribution in [0.5, 0.6) is 0 Å². The van der Waals surface area contributed by atoms with Crippen molar-refractivity contribution in [2.75, 3.05) is 13.6 Å². The second-order valence-corrected chi connectivity index (χ2v) is 5.82. The molecule has 0 heterocycles. The van der Waals surface area contributed by atoms with Gasteiger partial charge in [-0.3, -0.25) is 0 Å². The first-order chi connectivity index (χ1) is 7.75. The van der Waals surface area contributed by atoms with Gasteiger partial charge in [-0.25, -0.2) is 0 Å². The molecule has 0 saturated heterocycles. The van der Waals surface area contributed by atoms with Crippen molar-refractivity contribution >= 4 is 11.6 Å². The third kappa shape index (κ3) is 5.05. The van der Waals surface area contributed by atoms with E-state index in [4.69, 9.17) is 11.6 Å². The Morgan fingerprint density at radius 3 is 2.44 bits per heavy atom. The lowest BCUT2D eigenvalue weighted by Crippen LogP contribution is -2.41. The van der Waals surface area contributed by atoms with Crippen LogP contribution in [0, 0.1) is 0 Å². The van der Waals surface area contributed by atoms with Crippen LogP contribution in [0.1, 0.15) is 64.7 Å². The lowest BCUT2D eigenvalue weighted by Gasteiger charge is -2.34. The summed E-state index contributed by atoms with van der Waals surface area (Å²) in [5.41, 5.74) is 0. The number of hydrogen-bond acceptors (Lipinski definition) is 1. The Balaban J connectivity index is 2.10. The summed E-state index contributed by atoms with van der Waals surface area (Å²) in [5, 5.41) is 0.398. The summed E-state index contributed by atoms with van der Waals surface area (Å²) in [4.78, 5) is 2.50. The van der Waals surface area contributed by atoms with Gasteiger partial charge in [0.05, 0.1) is 0 Å². The molecule has 0 aliphatic heterocycles. The molecule has 16 heavy (non-hydrogen) atoms. The van der Waals surface area contributed by atoms with Crippen LogP contribution in [0.25, 0.3) is 0 Å². The highest BCUT2D eigenvalue weighted by Crippen LogP contribution is 2.26. The van der Waals surface area contributed by atoms with E-state index in [9.17, 15) is 0 Å². The van der Waals surface area contributed by atoms with Crippen molar-refractivity contribution in [2.45, 2.75) is 76.1 Å². The maximum absolute atomic E-state index is 6.40. The fourth-order valence-electron chi connectivity index (χ4n) is 2.69. The van der Waals surface area contributed by atoms with Crippen LogP contribution in [0.15, 0.2) is 0 Å². The summed E-state index contributed by atoms with van der Waals surface area (Å²) in [7, 11) is 2.26. The number of alkyl halides is 1. The number of unbranched alkanes of at least 4 members (excludes halogenated alkanes) is 4. The van der Waals surface area contributed by atoms with Gasteiger partial charge >= 0.3 is 0 Å². The molecule has 1 nitrogen and oxygen atoms in total. The lowest BCUT2D eigenvalue weighted by molar-refractivity contribution is 0.192. The number of nitrogens with zero attached hydrogens (tertiary/aromatic N) is 1. The van der Waals surface area contributed by atoms with Crippen LogP contribution in [-0.4, -0.2) is 29.9 Å². The van der Waals surface area contributed by atoms with Crippen molar-refractivity contribution in [3.8, 4) is 0 Å². The van der Waals surface area contributed by atoms with E-state index in [0.717, 1.165) is 0 Å². The molecule has 1 aliphatic rings. The lowest BCUT2D eigenvalue weighted by atomic mass is 9.94. The monoisotopic (exact) mass is 245 g/mol. The molecule has 96 valence electrons. The van der Waals surface area contributed by atoms with Crippen molar-refractivity contribution in [3.05, 3.63) is 0 Å². The summed E-state index contributed by atoms with van der Waals surface area (Å²) < 4.78 is 0. The summed E-state index contributed by atoms with van der Waals surface area (Å²) >= 11 is 6.40. The molecule has 1 aliphatic carbocycles. The van der Waals surface area contributed by atoms with Gasteiger partial charge in [-0.15, -0.1) is 11.6 Å². The van der Waals surface area contributed by atoms with Gasteiger partial charge in [-0.1, -0.05) is 45.4 Å². The number of halogens is 1. The molecule has 0 amide bonds. The Labute approximate surface area is 107 Å². The molecule has 1 rings (SSSR count). The van der Waals surface area contributed by atoms with Crippen LogP contribution >= 0.6 is 11.6 Å². The molecule has 0 N–H and O–H groups in total. The predicted octanol–water partition coefficient (Wildman–Crippen LogP) is 4.44. The van der Waals surface area contributed by atoms with Gasteiger partial charge < -0.3 is 4.90 Å². The second-order valence-electron chi connectivity index (χ2n) is 5.26. The van der Waals surface area contributed by atoms with Gasteiger partial charge in [0.15, 0.2) is 0 Å². The Morgan fingerprint density at radius 2 is 1.75 bits per heavy atom. The molecule has 1 fully saturated rings. The normalized spacial score (nSPS) is 26.2. The Kier molecular flexibility index (Phi) is 7.47. The fraction of sp³-hybridized carbons (Fsp3) is 1.00. The smallest absolute Gasteiger partial charge is 0.0491 e. The molecule has 0 aromatic carbocycles. The average Bonchev–Trinajstić information content (AvgIpc) is 2.29. The van der Waals surface area contributed by atoms with E-state index in [1.165, 1.54) is 64.3 Å². The zero-order chi connectivity index (χ0) is 11.8. The number of rotatable bonds is 7. The van der Waals surface area contributed by atoms with Crippen molar-refractivity contribution in [1.29, 1.82) is 0 Å². The minimum atomic E-state index is 0.398. The van der Waals surface area contributed by atoms with Crippen LogP contribution in [0.3, 0.4) is 0 Å². The first-order valence-electron chi connectivity index (χ1n) is 7.10. The first-order valence-corrected chi connectivity index (χ1v) is 7.53. The molecule has 1 saturated carbocycles. The van der Waals surface area contributed by atoms with Crippen LogP contribution in [0.2, 0.25) is 0 Å². The van der Waals surface area contributed by atoms with E-state index in [2.05, 4.69) is 18.9 Å². The largest absolute Gasteiger partial charge is 0.302 e. The van der Waals surface area contributed by atoms with Crippen molar-refractivity contribution in [2.24, 2.45) is 0 Å². The summed E-state index contributed by atoms with van der Waals surface area (Å²) in [6.07, 6.45) is 12.1. The quantitative estimate of drug-likeness (QED) is 0.474. The van der Waals surface area contributed by atoms with Crippen molar-refractivity contribution in [1.82, 2.24) is 4.90 Å². The maximum atomic E-state index is 6.40. The van der Waals surface area contributed by atoms with Crippen molar-refractivity contribution in [3.63, 3.8) is 0 Å². The van der Waals surface area contributed by atoms with Gasteiger partial charge in [0.1, 0.15) is 0 Å². The highest BCUT2D eigenvalue weighted by molar-refractivity contribution is 6.21. The predicted molar refractivity (Wildman–Crippen MR) is 73.3 cm³/mol. The van der Waals surface area contributed by atoms with Crippen molar-refractivity contribution < 1.29 is 0 Å². The molecule has 2 unspecified atom stereocenters.